The number of alkyl halides is 3. The molecule has 2 nitrogen and oxygen atoms in total. The van der Waals surface area contributed by atoms with Crippen LogP contribution in [0.3, 0.4) is 0 Å². The fraction of sp³-hybridized carbons (Fsp3) is 0.182. The highest BCUT2D eigenvalue weighted by Crippen LogP contribution is 2.23. The molecule has 5 heteroatoms. The van der Waals surface area contributed by atoms with E-state index >= 15 is 0 Å². The van der Waals surface area contributed by atoms with Gasteiger partial charge in [-0.1, -0.05) is 24.3 Å². The van der Waals surface area contributed by atoms with Crippen molar-refractivity contribution in [3.8, 4) is 0 Å². The second-order valence-corrected chi connectivity index (χ2v) is 3.16. The molecular weight excluding hydrogens is 221 g/mol. The number of carboxylic acid groups (broad SMARTS) is 1. The number of aliphatic carboxylic acids is 1. The SMILES string of the molecule is O=C(O)/C=C/c1ccccc1CC(F)(F)F. The zero-order valence-corrected chi connectivity index (χ0v) is 8.16. The zero-order valence-electron chi connectivity index (χ0n) is 8.16. The van der Waals surface area contributed by atoms with Crippen molar-refractivity contribution < 1.29 is 23.1 Å². The fourth-order valence-corrected chi connectivity index (χ4v) is 1.23. The first-order chi connectivity index (χ1) is 7.38. The Morgan fingerprint density at radius 1 is 1.31 bits per heavy atom. The quantitative estimate of drug-likeness (QED) is 0.810. The predicted octanol–water partition coefficient (Wildman–Crippen LogP) is 2.89. The smallest absolute Gasteiger partial charge is 0.393 e. The number of benzene rings is 1. The number of rotatable bonds is 3. The highest BCUT2D eigenvalue weighted by Gasteiger charge is 2.28. The molecule has 1 N–H and O–H groups in total. The summed E-state index contributed by atoms with van der Waals surface area (Å²) in [5, 5.41) is 8.39. The Hall–Kier alpha value is -1.78. The van der Waals surface area contributed by atoms with E-state index in [9.17, 15) is 18.0 Å². The van der Waals surface area contributed by atoms with Gasteiger partial charge in [-0.05, 0) is 17.2 Å². The van der Waals surface area contributed by atoms with Crippen molar-refractivity contribution in [3.05, 3.63) is 41.5 Å². The van der Waals surface area contributed by atoms with E-state index in [4.69, 9.17) is 5.11 Å². The van der Waals surface area contributed by atoms with Gasteiger partial charge in [-0.2, -0.15) is 13.2 Å². The second kappa shape index (κ2) is 4.83. The maximum Gasteiger partial charge on any atom is 0.393 e. The average molecular weight is 230 g/mol. The summed E-state index contributed by atoms with van der Waals surface area (Å²) >= 11 is 0. The van der Waals surface area contributed by atoms with Gasteiger partial charge in [0.05, 0.1) is 6.42 Å². The highest BCUT2D eigenvalue weighted by atomic mass is 19.4. The minimum atomic E-state index is -4.30. The molecule has 0 unspecified atom stereocenters. The Balaban J connectivity index is 2.96. The largest absolute Gasteiger partial charge is 0.478 e. The molecule has 0 amide bonds. The van der Waals surface area contributed by atoms with Crippen LogP contribution in [0.25, 0.3) is 6.08 Å². The number of hydrogen-bond acceptors (Lipinski definition) is 1. The summed E-state index contributed by atoms with van der Waals surface area (Å²) in [6.07, 6.45) is -3.39. The van der Waals surface area contributed by atoms with E-state index in [0.717, 1.165) is 12.2 Å². The van der Waals surface area contributed by atoms with Crippen LogP contribution < -0.4 is 0 Å². The topological polar surface area (TPSA) is 37.3 Å². The summed E-state index contributed by atoms with van der Waals surface area (Å²) in [7, 11) is 0. The van der Waals surface area contributed by atoms with Gasteiger partial charge in [0, 0.05) is 6.08 Å². The number of carboxylic acids is 1. The molecule has 86 valence electrons. The van der Waals surface area contributed by atoms with Crippen LogP contribution in [0.15, 0.2) is 30.3 Å². The first-order valence-electron chi connectivity index (χ1n) is 4.44. The lowest BCUT2D eigenvalue weighted by atomic mass is 10.0. The molecule has 16 heavy (non-hydrogen) atoms. The van der Waals surface area contributed by atoms with Gasteiger partial charge in [-0.15, -0.1) is 0 Å². The van der Waals surface area contributed by atoms with Crippen LogP contribution in [0.1, 0.15) is 11.1 Å². The molecule has 1 aromatic carbocycles. The maximum atomic E-state index is 12.2. The lowest BCUT2D eigenvalue weighted by Gasteiger charge is -2.08. The summed E-state index contributed by atoms with van der Waals surface area (Å²) < 4.78 is 36.5. The summed E-state index contributed by atoms with van der Waals surface area (Å²) in [5.74, 6) is -1.19. The molecule has 0 radical (unpaired) electrons. The van der Waals surface area contributed by atoms with E-state index in [1.54, 1.807) is 6.07 Å². The van der Waals surface area contributed by atoms with Crippen molar-refractivity contribution in [1.29, 1.82) is 0 Å². The standard InChI is InChI=1S/C11H9F3O2/c12-11(13,14)7-9-4-2-1-3-8(9)5-6-10(15)16/h1-6H,7H2,(H,15,16)/b6-5+. The molecule has 0 aliphatic rings. The second-order valence-electron chi connectivity index (χ2n) is 3.16. The Bertz CT molecular complexity index is 408. The molecule has 0 bridgehead atoms. The maximum absolute atomic E-state index is 12.2. The van der Waals surface area contributed by atoms with Crippen molar-refractivity contribution in [1.82, 2.24) is 0 Å². The molecule has 0 saturated carbocycles. The van der Waals surface area contributed by atoms with Gasteiger partial charge in [-0.25, -0.2) is 4.79 Å². The van der Waals surface area contributed by atoms with Gasteiger partial charge in [-0.3, -0.25) is 0 Å². The van der Waals surface area contributed by atoms with E-state index in [1.807, 2.05) is 0 Å². The monoisotopic (exact) mass is 230 g/mol. The summed E-state index contributed by atoms with van der Waals surface area (Å²) in [5.41, 5.74) is 0.328. The van der Waals surface area contributed by atoms with Crippen LogP contribution in [0.4, 0.5) is 13.2 Å². The molecule has 0 fully saturated rings. The van der Waals surface area contributed by atoms with Crippen LogP contribution >= 0.6 is 0 Å². The third kappa shape index (κ3) is 4.16. The molecule has 0 atom stereocenters. The third-order valence-corrected chi connectivity index (χ3v) is 1.85. The van der Waals surface area contributed by atoms with Crippen LogP contribution in [0.2, 0.25) is 0 Å². The van der Waals surface area contributed by atoms with Gasteiger partial charge in [0.1, 0.15) is 0 Å². The molecule has 0 aromatic heterocycles. The van der Waals surface area contributed by atoms with E-state index in [1.165, 1.54) is 18.2 Å². The molecule has 1 aromatic rings. The molecule has 0 heterocycles. The van der Waals surface area contributed by atoms with Gasteiger partial charge in [0.2, 0.25) is 0 Å². The first-order valence-corrected chi connectivity index (χ1v) is 4.44. The van der Waals surface area contributed by atoms with Gasteiger partial charge in [0.25, 0.3) is 0 Å². The Kier molecular flexibility index (Phi) is 3.71. The van der Waals surface area contributed by atoms with E-state index in [-0.39, 0.29) is 11.1 Å². The zero-order chi connectivity index (χ0) is 12.2. The summed E-state index contributed by atoms with van der Waals surface area (Å²) in [6.45, 7) is 0. The molecule has 1 rings (SSSR count). The van der Waals surface area contributed by atoms with Crippen molar-refractivity contribution in [3.63, 3.8) is 0 Å². The number of carbonyl (C=O) groups is 1. The van der Waals surface area contributed by atoms with Crippen LogP contribution in [0, 0.1) is 0 Å². The fourth-order valence-electron chi connectivity index (χ4n) is 1.23. The van der Waals surface area contributed by atoms with Crippen molar-refractivity contribution >= 4 is 12.0 Å². The van der Waals surface area contributed by atoms with E-state index < -0.39 is 18.6 Å². The van der Waals surface area contributed by atoms with E-state index in [2.05, 4.69) is 0 Å². The summed E-state index contributed by atoms with van der Waals surface area (Å²) in [6, 6.07) is 5.82. The Morgan fingerprint density at radius 2 is 1.94 bits per heavy atom. The van der Waals surface area contributed by atoms with Gasteiger partial charge < -0.3 is 5.11 Å². The predicted molar refractivity (Wildman–Crippen MR) is 52.9 cm³/mol. The molecule has 0 saturated heterocycles. The van der Waals surface area contributed by atoms with Crippen molar-refractivity contribution in [2.45, 2.75) is 12.6 Å². The lowest BCUT2D eigenvalue weighted by Crippen LogP contribution is -2.12. The van der Waals surface area contributed by atoms with Crippen LogP contribution in [-0.2, 0) is 11.2 Å². The van der Waals surface area contributed by atoms with Crippen LogP contribution in [0.5, 0.6) is 0 Å². The highest BCUT2D eigenvalue weighted by molar-refractivity contribution is 5.85. The minimum absolute atomic E-state index is 0.0625. The normalized spacial score (nSPS) is 11.9. The Morgan fingerprint density at radius 3 is 2.50 bits per heavy atom. The number of hydrogen-bond donors (Lipinski definition) is 1. The molecule has 0 spiro atoms. The minimum Gasteiger partial charge on any atom is -0.478 e. The van der Waals surface area contributed by atoms with Crippen LogP contribution in [-0.4, -0.2) is 17.3 Å². The van der Waals surface area contributed by atoms with E-state index in [0.29, 0.717) is 0 Å². The number of halogens is 3. The molecule has 0 aliphatic heterocycles. The van der Waals surface area contributed by atoms with Gasteiger partial charge >= 0.3 is 12.1 Å². The van der Waals surface area contributed by atoms with Gasteiger partial charge in [0.15, 0.2) is 0 Å². The average Bonchev–Trinajstić information content (AvgIpc) is 2.14. The summed E-state index contributed by atoms with van der Waals surface area (Å²) in [4.78, 5) is 10.3. The van der Waals surface area contributed by atoms with Crippen molar-refractivity contribution in [2.24, 2.45) is 0 Å². The molecular formula is C11H9F3O2. The lowest BCUT2D eigenvalue weighted by molar-refractivity contribution is -0.131. The third-order valence-electron chi connectivity index (χ3n) is 1.85. The first kappa shape index (κ1) is 12.3. The Labute approximate surface area is 90.0 Å². The van der Waals surface area contributed by atoms with Crippen molar-refractivity contribution in [2.75, 3.05) is 0 Å². The molecule has 0 aliphatic carbocycles.